The van der Waals surface area contributed by atoms with E-state index in [2.05, 4.69) is 23.0 Å². The molecule has 4 heteroatoms. The van der Waals surface area contributed by atoms with Crippen molar-refractivity contribution < 1.29 is 9.53 Å². The fourth-order valence-electron chi connectivity index (χ4n) is 3.65. The van der Waals surface area contributed by atoms with Crippen LogP contribution in [0.5, 0.6) is 0 Å². The summed E-state index contributed by atoms with van der Waals surface area (Å²) in [5.41, 5.74) is 1.24. The minimum absolute atomic E-state index is 0.379. The number of unbranched alkanes of at least 4 members (excludes halogenated alkanes) is 15. The molecule has 0 spiro atoms. The van der Waals surface area contributed by atoms with E-state index in [1.54, 1.807) is 11.3 Å². The van der Waals surface area contributed by atoms with Crippen LogP contribution in [0.2, 0.25) is 0 Å². The third kappa shape index (κ3) is 13.2. The molecule has 1 amide bonds. The number of anilines is 1. The summed E-state index contributed by atoms with van der Waals surface area (Å²) in [6, 6.07) is 2.11. The predicted octanol–water partition coefficient (Wildman–Crippen LogP) is 8.73. The average Bonchev–Trinajstić information content (AvgIpc) is 3.14. The molecule has 0 aliphatic rings. The highest BCUT2D eigenvalue weighted by atomic mass is 32.1. The van der Waals surface area contributed by atoms with Crippen LogP contribution in [0.1, 0.15) is 115 Å². The average molecular weight is 410 g/mol. The molecule has 0 saturated carbocycles. The standard InChI is InChI=1S/C24H43NO2S/c1-3-4-5-6-7-8-9-10-11-12-13-14-15-16-17-18-19-22-20-21-28-23(22)25-24(26)27-2/h20-21H,3-19H2,1-2H3,(H,25,26). The lowest BCUT2D eigenvalue weighted by Crippen LogP contribution is -2.10. The third-order valence-electron chi connectivity index (χ3n) is 5.45. The second-order valence-electron chi connectivity index (χ2n) is 7.94. The molecule has 0 saturated heterocycles. The maximum absolute atomic E-state index is 11.3. The van der Waals surface area contributed by atoms with Gasteiger partial charge in [0.05, 0.1) is 7.11 Å². The normalized spacial score (nSPS) is 10.9. The van der Waals surface area contributed by atoms with Gasteiger partial charge in [0.2, 0.25) is 0 Å². The smallest absolute Gasteiger partial charge is 0.411 e. The molecule has 28 heavy (non-hydrogen) atoms. The van der Waals surface area contributed by atoms with Crippen molar-refractivity contribution in [3.8, 4) is 0 Å². The molecule has 0 aliphatic heterocycles. The van der Waals surface area contributed by atoms with Crippen LogP contribution >= 0.6 is 11.3 Å². The Morgan fingerprint density at radius 2 is 1.29 bits per heavy atom. The molecule has 0 radical (unpaired) electrons. The molecule has 0 atom stereocenters. The van der Waals surface area contributed by atoms with Crippen LogP contribution in [0.25, 0.3) is 0 Å². The topological polar surface area (TPSA) is 38.3 Å². The van der Waals surface area contributed by atoms with Crippen molar-refractivity contribution >= 4 is 22.4 Å². The summed E-state index contributed by atoms with van der Waals surface area (Å²) in [5, 5.41) is 5.77. The van der Waals surface area contributed by atoms with Gasteiger partial charge in [0.25, 0.3) is 0 Å². The zero-order valence-corrected chi connectivity index (χ0v) is 19.2. The maximum atomic E-state index is 11.3. The Morgan fingerprint density at radius 1 is 0.821 bits per heavy atom. The molecule has 3 nitrogen and oxygen atoms in total. The van der Waals surface area contributed by atoms with E-state index in [-0.39, 0.29) is 6.09 Å². The number of carbonyl (C=O) groups excluding carboxylic acids is 1. The largest absolute Gasteiger partial charge is 0.453 e. The van der Waals surface area contributed by atoms with Gasteiger partial charge in [0.15, 0.2) is 0 Å². The summed E-state index contributed by atoms with van der Waals surface area (Å²) in [6.07, 6.45) is 23.0. The minimum Gasteiger partial charge on any atom is -0.453 e. The summed E-state index contributed by atoms with van der Waals surface area (Å²) < 4.78 is 4.67. The number of hydrogen-bond acceptors (Lipinski definition) is 3. The third-order valence-corrected chi connectivity index (χ3v) is 6.32. The lowest BCUT2D eigenvalue weighted by Gasteiger charge is -2.06. The van der Waals surface area contributed by atoms with E-state index in [0.717, 1.165) is 11.4 Å². The lowest BCUT2D eigenvalue weighted by molar-refractivity contribution is 0.187. The molecule has 1 heterocycles. The first-order valence-corrected chi connectivity index (χ1v) is 12.6. The van der Waals surface area contributed by atoms with Gasteiger partial charge in [-0.2, -0.15) is 0 Å². The van der Waals surface area contributed by atoms with Gasteiger partial charge in [0.1, 0.15) is 5.00 Å². The molecule has 1 aromatic heterocycles. The van der Waals surface area contributed by atoms with Crippen molar-refractivity contribution in [2.75, 3.05) is 12.4 Å². The highest BCUT2D eigenvalue weighted by Crippen LogP contribution is 2.25. The number of methoxy groups -OCH3 is 1. The quantitative estimate of drug-likeness (QED) is 0.246. The first kappa shape index (κ1) is 25.0. The van der Waals surface area contributed by atoms with Gasteiger partial charge in [-0.15, -0.1) is 11.3 Å². The van der Waals surface area contributed by atoms with Crippen molar-refractivity contribution in [1.29, 1.82) is 0 Å². The lowest BCUT2D eigenvalue weighted by atomic mass is 10.0. The van der Waals surface area contributed by atoms with Gasteiger partial charge < -0.3 is 4.74 Å². The van der Waals surface area contributed by atoms with Gasteiger partial charge in [-0.3, -0.25) is 5.32 Å². The highest BCUT2D eigenvalue weighted by molar-refractivity contribution is 7.14. The van der Waals surface area contributed by atoms with Crippen LogP contribution in [0.15, 0.2) is 11.4 Å². The summed E-state index contributed by atoms with van der Waals surface area (Å²) in [5.74, 6) is 0. The van der Waals surface area contributed by atoms with E-state index < -0.39 is 0 Å². The van der Waals surface area contributed by atoms with Crippen molar-refractivity contribution in [3.05, 3.63) is 17.0 Å². The highest BCUT2D eigenvalue weighted by Gasteiger charge is 2.07. The minimum atomic E-state index is -0.379. The van der Waals surface area contributed by atoms with E-state index in [0.29, 0.717) is 0 Å². The fraction of sp³-hybridized carbons (Fsp3) is 0.792. The SMILES string of the molecule is CCCCCCCCCCCCCCCCCCc1ccsc1NC(=O)OC. The first-order chi connectivity index (χ1) is 13.8. The maximum Gasteiger partial charge on any atom is 0.411 e. The Hall–Kier alpha value is -1.03. The Balaban J connectivity index is 1.85. The van der Waals surface area contributed by atoms with Crippen molar-refractivity contribution in [1.82, 2.24) is 0 Å². The number of ether oxygens (including phenoxy) is 1. The number of nitrogens with one attached hydrogen (secondary N) is 1. The number of carbonyl (C=O) groups is 1. The first-order valence-electron chi connectivity index (χ1n) is 11.7. The molecule has 0 aliphatic carbocycles. The zero-order chi connectivity index (χ0) is 20.3. The molecule has 0 unspecified atom stereocenters. The number of thiophene rings is 1. The Labute approximate surface area is 177 Å². The Bertz CT molecular complexity index is 487. The van der Waals surface area contributed by atoms with Crippen LogP contribution in [0, 0.1) is 0 Å². The van der Waals surface area contributed by atoms with Crippen LogP contribution in [0.4, 0.5) is 9.80 Å². The zero-order valence-electron chi connectivity index (χ0n) is 18.4. The van der Waals surface area contributed by atoms with Crippen LogP contribution in [-0.4, -0.2) is 13.2 Å². The van der Waals surface area contributed by atoms with E-state index in [4.69, 9.17) is 0 Å². The van der Waals surface area contributed by atoms with Gasteiger partial charge in [-0.05, 0) is 29.9 Å². The predicted molar refractivity (Wildman–Crippen MR) is 124 cm³/mol. The Kier molecular flexibility index (Phi) is 16.1. The second-order valence-corrected chi connectivity index (χ2v) is 8.86. The molecular formula is C24H43NO2S. The number of rotatable bonds is 18. The fourth-order valence-corrected chi connectivity index (χ4v) is 4.48. The van der Waals surface area contributed by atoms with Crippen molar-refractivity contribution in [3.63, 3.8) is 0 Å². The summed E-state index contributed by atoms with van der Waals surface area (Å²) in [4.78, 5) is 11.3. The molecule has 162 valence electrons. The van der Waals surface area contributed by atoms with Crippen LogP contribution < -0.4 is 5.32 Å². The van der Waals surface area contributed by atoms with E-state index >= 15 is 0 Å². The molecule has 1 N–H and O–H groups in total. The number of hydrogen-bond donors (Lipinski definition) is 1. The molecular weight excluding hydrogens is 366 g/mol. The summed E-state index contributed by atoms with van der Waals surface area (Å²) >= 11 is 1.57. The van der Waals surface area contributed by atoms with Crippen LogP contribution in [0.3, 0.4) is 0 Å². The van der Waals surface area contributed by atoms with Gasteiger partial charge >= 0.3 is 6.09 Å². The second kappa shape index (κ2) is 18.0. The van der Waals surface area contributed by atoms with E-state index in [1.807, 2.05) is 5.38 Å². The molecule has 0 bridgehead atoms. The summed E-state index contributed by atoms with van der Waals surface area (Å²) in [7, 11) is 1.40. The molecule has 0 aromatic carbocycles. The summed E-state index contributed by atoms with van der Waals surface area (Å²) in [6.45, 7) is 2.28. The van der Waals surface area contributed by atoms with Crippen molar-refractivity contribution in [2.24, 2.45) is 0 Å². The number of aryl methyl sites for hydroxylation is 1. The van der Waals surface area contributed by atoms with E-state index in [9.17, 15) is 4.79 Å². The van der Waals surface area contributed by atoms with Crippen molar-refractivity contribution in [2.45, 2.75) is 116 Å². The van der Waals surface area contributed by atoms with Gasteiger partial charge in [-0.25, -0.2) is 4.79 Å². The molecule has 0 fully saturated rings. The Morgan fingerprint density at radius 3 is 1.75 bits per heavy atom. The monoisotopic (exact) mass is 409 g/mol. The molecule has 1 aromatic rings. The number of amides is 1. The van der Waals surface area contributed by atoms with Gasteiger partial charge in [-0.1, -0.05) is 103 Å². The van der Waals surface area contributed by atoms with Gasteiger partial charge in [0, 0.05) is 0 Å². The van der Waals surface area contributed by atoms with Crippen LogP contribution in [-0.2, 0) is 11.2 Å². The molecule has 1 rings (SSSR count). The van der Waals surface area contributed by atoms with E-state index in [1.165, 1.54) is 115 Å².